The molecule has 4 rings (SSSR count). The van der Waals surface area contributed by atoms with Gasteiger partial charge in [-0.2, -0.15) is 0 Å². The minimum atomic E-state index is -1.31. The molecule has 3 heterocycles. The average molecular weight is 593 g/mol. The summed E-state index contributed by atoms with van der Waals surface area (Å²) in [5, 5.41) is 20.4. The van der Waals surface area contributed by atoms with Gasteiger partial charge in [-0.15, -0.1) is 6.58 Å². The Morgan fingerprint density at radius 3 is 2.34 bits per heavy atom. The number of carboxylic acid groups (broad SMARTS) is 1. The van der Waals surface area contributed by atoms with Gasteiger partial charge in [-0.3, -0.25) is 14.4 Å². The Balaban J connectivity index is 1.81. The van der Waals surface area contributed by atoms with Crippen LogP contribution in [0.15, 0.2) is 36.9 Å². The van der Waals surface area contributed by atoms with Crippen LogP contribution in [0.3, 0.4) is 0 Å². The van der Waals surface area contributed by atoms with E-state index in [0.29, 0.717) is 12.1 Å². The van der Waals surface area contributed by atoms with Crippen molar-refractivity contribution in [3.63, 3.8) is 0 Å². The smallest absolute Gasteiger partial charge is 0.310 e. The van der Waals surface area contributed by atoms with Gasteiger partial charge in [0, 0.05) is 35.8 Å². The molecule has 1 spiro atoms. The number of benzene rings is 1. The molecule has 1 aromatic rings. The van der Waals surface area contributed by atoms with E-state index in [2.05, 4.69) is 41.3 Å². The number of likely N-dealkylation sites (tertiary alicyclic amines) is 1. The van der Waals surface area contributed by atoms with Crippen molar-refractivity contribution in [3.05, 3.63) is 36.9 Å². The predicted octanol–water partition coefficient (Wildman–Crippen LogP) is 2.90. The molecule has 0 radical (unpaired) electrons. The van der Waals surface area contributed by atoms with E-state index >= 15 is 0 Å². The Morgan fingerprint density at radius 1 is 1.24 bits per heavy atom. The van der Waals surface area contributed by atoms with Crippen molar-refractivity contribution in [1.82, 2.24) is 4.90 Å². The van der Waals surface area contributed by atoms with E-state index < -0.39 is 47.5 Å². The molecule has 0 saturated carbocycles. The summed E-state index contributed by atoms with van der Waals surface area (Å²) in [5.41, 5.74) is 0.366. The topological polar surface area (TPSA) is 111 Å². The Hall–Kier alpha value is -2.43. The Labute approximate surface area is 232 Å². The number of hydrogen-bond donors (Lipinski definition) is 2. The molecule has 38 heavy (non-hydrogen) atoms. The number of aliphatic carboxylic acids is 1. The molecule has 0 aromatic heterocycles. The lowest BCUT2D eigenvalue weighted by atomic mass is 9.70. The van der Waals surface area contributed by atoms with Gasteiger partial charge in [0.2, 0.25) is 5.91 Å². The van der Waals surface area contributed by atoms with Crippen LogP contribution in [-0.2, 0) is 19.1 Å². The minimum absolute atomic E-state index is 0.170. The lowest BCUT2D eigenvalue weighted by molar-refractivity contribution is -0.151. The maximum absolute atomic E-state index is 14.5. The molecule has 1 unspecified atom stereocenters. The standard InChI is InChI=1S/C28H38BrN3O6/c1-6-13-31(18-11-9-17(10-12-18)30(7-2)8-3)26(35)24-28-14-19(29)23(38-28)21(27(36)37)22(28)25(34)32(24)20(15-33)16(4)5/h6,9-12,16,19-24,33H,1,7-8,13-15H2,2-5H3,(H,36,37)/t19?,20-,21+,22-,23+,24+,28-/m0/s1. The van der Waals surface area contributed by atoms with Crippen LogP contribution in [0.1, 0.15) is 34.1 Å². The van der Waals surface area contributed by atoms with Crippen LogP contribution in [0.4, 0.5) is 11.4 Å². The van der Waals surface area contributed by atoms with Crippen LogP contribution in [0, 0.1) is 17.8 Å². The number of alkyl halides is 1. The molecule has 3 aliphatic heterocycles. The molecular formula is C28H38BrN3O6. The van der Waals surface area contributed by atoms with Gasteiger partial charge >= 0.3 is 5.97 Å². The lowest BCUT2D eigenvalue weighted by Gasteiger charge is -2.40. The summed E-state index contributed by atoms with van der Waals surface area (Å²) in [7, 11) is 0. The molecule has 1 aromatic carbocycles. The molecule has 7 atom stereocenters. The van der Waals surface area contributed by atoms with Crippen LogP contribution in [0.2, 0.25) is 0 Å². The molecule has 10 heteroatoms. The summed E-state index contributed by atoms with van der Waals surface area (Å²) in [6, 6.07) is 5.91. The van der Waals surface area contributed by atoms with Crippen molar-refractivity contribution in [1.29, 1.82) is 0 Å². The monoisotopic (exact) mass is 591 g/mol. The second-order valence-electron chi connectivity index (χ2n) is 10.7. The van der Waals surface area contributed by atoms with E-state index in [0.717, 1.165) is 18.8 Å². The number of fused-ring (bicyclic) bond motifs is 1. The number of halogens is 1. The van der Waals surface area contributed by atoms with Crippen molar-refractivity contribution in [2.45, 2.75) is 62.7 Å². The fourth-order valence-electron chi connectivity index (χ4n) is 6.64. The quantitative estimate of drug-likeness (QED) is 0.301. The van der Waals surface area contributed by atoms with Crippen molar-refractivity contribution < 1.29 is 29.3 Å². The third-order valence-corrected chi connectivity index (χ3v) is 9.27. The van der Waals surface area contributed by atoms with Gasteiger partial charge in [0.05, 0.1) is 30.6 Å². The fourth-order valence-corrected chi connectivity index (χ4v) is 7.58. The number of rotatable bonds is 11. The van der Waals surface area contributed by atoms with Crippen LogP contribution in [0.5, 0.6) is 0 Å². The zero-order valence-corrected chi connectivity index (χ0v) is 24.0. The van der Waals surface area contributed by atoms with E-state index in [9.17, 15) is 24.6 Å². The maximum atomic E-state index is 14.5. The number of amides is 2. The maximum Gasteiger partial charge on any atom is 0.310 e. The summed E-state index contributed by atoms with van der Waals surface area (Å²) in [5.74, 6) is -4.18. The first-order chi connectivity index (χ1) is 18.1. The van der Waals surface area contributed by atoms with Gasteiger partial charge in [-0.1, -0.05) is 35.9 Å². The summed E-state index contributed by atoms with van der Waals surface area (Å²) in [4.78, 5) is 45.7. The first-order valence-electron chi connectivity index (χ1n) is 13.3. The first-order valence-corrected chi connectivity index (χ1v) is 14.2. The average Bonchev–Trinajstić information content (AvgIpc) is 3.47. The molecule has 2 amide bonds. The molecule has 3 fully saturated rings. The van der Waals surface area contributed by atoms with Gasteiger partial charge < -0.3 is 29.6 Å². The normalized spacial score (nSPS) is 30.4. The van der Waals surface area contributed by atoms with E-state index in [-0.39, 0.29) is 29.8 Å². The Bertz CT molecular complexity index is 1080. The molecule has 3 aliphatic rings. The summed E-state index contributed by atoms with van der Waals surface area (Å²) in [6.07, 6.45) is 1.23. The van der Waals surface area contributed by atoms with Crippen LogP contribution in [-0.4, -0.2) is 87.8 Å². The molecule has 208 valence electrons. The van der Waals surface area contributed by atoms with Crippen LogP contribution < -0.4 is 9.80 Å². The lowest BCUT2D eigenvalue weighted by Crippen LogP contribution is -2.60. The largest absolute Gasteiger partial charge is 0.481 e. The molecule has 9 nitrogen and oxygen atoms in total. The van der Waals surface area contributed by atoms with Crippen molar-refractivity contribution in [2.75, 3.05) is 36.0 Å². The van der Waals surface area contributed by atoms with Gasteiger partial charge in [0.15, 0.2) is 0 Å². The third kappa shape index (κ3) is 4.34. The number of carboxylic acids is 1. The van der Waals surface area contributed by atoms with E-state index in [1.54, 1.807) is 11.0 Å². The number of hydrogen-bond acceptors (Lipinski definition) is 6. The SMILES string of the molecule is C=CCN(C(=O)[C@H]1N([C@@H](CO)C(C)C)C(=O)[C@@H]2[C@@H](C(=O)O)[C@@H]3O[C@@]21CC3Br)c1ccc(N(CC)CC)cc1. The number of carbonyl (C=O) groups excluding carboxylic acids is 2. The highest BCUT2D eigenvalue weighted by Gasteiger charge is 2.77. The summed E-state index contributed by atoms with van der Waals surface area (Å²) < 4.78 is 6.37. The number of aliphatic hydroxyl groups excluding tert-OH is 1. The number of anilines is 2. The Kier molecular flexibility index (Phi) is 8.26. The number of nitrogens with zero attached hydrogens (tertiary/aromatic N) is 3. The summed E-state index contributed by atoms with van der Waals surface area (Å²) >= 11 is 3.57. The van der Waals surface area contributed by atoms with Gasteiger partial charge in [-0.25, -0.2) is 0 Å². The summed E-state index contributed by atoms with van der Waals surface area (Å²) in [6.45, 7) is 13.3. The van der Waals surface area contributed by atoms with Gasteiger partial charge in [-0.05, 0) is 50.5 Å². The van der Waals surface area contributed by atoms with Gasteiger partial charge in [0.1, 0.15) is 11.6 Å². The zero-order valence-electron chi connectivity index (χ0n) is 22.4. The molecule has 2 bridgehead atoms. The van der Waals surface area contributed by atoms with Crippen LogP contribution >= 0.6 is 15.9 Å². The number of carbonyl (C=O) groups is 3. The highest BCUT2D eigenvalue weighted by atomic mass is 79.9. The highest BCUT2D eigenvalue weighted by molar-refractivity contribution is 9.09. The van der Waals surface area contributed by atoms with E-state index in [1.807, 2.05) is 38.1 Å². The first kappa shape index (κ1) is 28.6. The Morgan fingerprint density at radius 2 is 1.84 bits per heavy atom. The van der Waals surface area contributed by atoms with Crippen molar-refractivity contribution in [3.8, 4) is 0 Å². The molecule has 0 aliphatic carbocycles. The zero-order chi connectivity index (χ0) is 27.9. The third-order valence-electron chi connectivity index (χ3n) is 8.43. The minimum Gasteiger partial charge on any atom is -0.481 e. The van der Waals surface area contributed by atoms with E-state index in [4.69, 9.17) is 4.74 Å². The van der Waals surface area contributed by atoms with Crippen molar-refractivity contribution >= 4 is 45.1 Å². The van der Waals surface area contributed by atoms with Gasteiger partial charge in [0.25, 0.3) is 5.91 Å². The van der Waals surface area contributed by atoms with E-state index in [1.165, 1.54) is 4.90 Å². The molecular weight excluding hydrogens is 554 g/mol. The number of aliphatic hydroxyl groups is 1. The predicted molar refractivity (Wildman–Crippen MR) is 148 cm³/mol. The highest BCUT2D eigenvalue weighted by Crippen LogP contribution is 2.60. The van der Waals surface area contributed by atoms with Crippen LogP contribution in [0.25, 0.3) is 0 Å². The van der Waals surface area contributed by atoms with Crippen molar-refractivity contribution in [2.24, 2.45) is 17.8 Å². The number of ether oxygens (including phenoxy) is 1. The molecule has 2 N–H and O–H groups in total. The second kappa shape index (κ2) is 11.0. The molecule has 3 saturated heterocycles. The second-order valence-corrected chi connectivity index (χ2v) is 11.8. The fraction of sp³-hybridized carbons (Fsp3) is 0.607.